The molecule has 0 aromatic heterocycles. The molecule has 1 aromatic rings. The molecule has 0 bridgehead atoms. The Bertz CT molecular complexity index is 335. The Hall–Kier alpha value is -1.30. The molecule has 0 heterocycles. The van der Waals surface area contributed by atoms with Crippen LogP contribution in [0.2, 0.25) is 0 Å². The fraction of sp³-hybridized carbons (Fsp3) is 0.429. The molecule has 0 spiro atoms. The third kappa shape index (κ3) is 4.97. The molecule has 0 saturated carbocycles. The zero-order chi connectivity index (χ0) is 11.6. The van der Waals surface area contributed by atoms with E-state index in [1.54, 1.807) is 0 Å². The van der Waals surface area contributed by atoms with Crippen LogP contribution in [-0.4, -0.2) is 6.04 Å². The van der Waals surface area contributed by atoms with Crippen molar-refractivity contribution in [3.8, 4) is 11.8 Å². The summed E-state index contributed by atoms with van der Waals surface area (Å²) in [6, 6.07) is 10.8. The molecule has 0 fully saturated rings. The van der Waals surface area contributed by atoms with E-state index >= 15 is 0 Å². The van der Waals surface area contributed by atoms with Gasteiger partial charge in [-0.1, -0.05) is 30.3 Å². The maximum absolute atomic E-state index is 5.48. The lowest BCUT2D eigenvalue weighted by Crippen LogP contribution is -2.34. The van der Waals surface area contributed by atoms with Crippen LogP contribution in [0.25, 0.3) is 0 Å². The molecule has 0 amide bonds. The summed E-state index contributed by atoms with van der Waals surface area (Å²) in [4.78, 5) is 0. The number of nitrogens with one attached hydrogen (secondary N) is 1. The van der Waals surface area contributed by atoms with E-state index in [1.165, 1.54) is 5.56 Å². The number of rotatable bonds is 6. The molecular weight excluding hydrogens is 196 g/mol. The maximum Gasteiger partial charge on any atom is 0.0320 e. The number of nitrogens with two attached hydrogens (primary N) is 1. The van der Waals surface area contributed by atoms with Gasteiger partial charge in [0.1, 0.15) is 0 Å². The van der Waals surface area contributed by atoms with Crippen molar-refractivity contribution >= 4 is 0 Å². The first-order valence-corrected chi connectivity index (χ1v) is 5.76. The van der Waals surface area contributed by atoms with Crippen LogP contribution in [0.15, 0.2) is 30.3 Å². The Labute approximate surface area is 98.2 Å². The van der Waals surface area contributed by atoms with Crippen LogP contribution in [0.4, 0.5) is 0 Å². The second kappa shape index (κ2) is 7.92. The van der Waals surface area contributed by atoms with E-state index in [-0.39, 0.29) is 0 Å². The highest BCUT2D eigenvalue weighted by Gasteiger charge is 2.03. The van der Waals surface area contributed by atoms with Crippen molar-refractivity contribution in [1.29, 1.82) is 0 Å². The van der Waals surface area contributed by atoms with Gasteiger partial charge in [-0.2, -0.15) is 0 Å². The highest BCUT2D eigenvalue weighted by molar-refractivity contribution is 5.14. The molecule has 0 aliphatic rings. The van der Waals surface area contributed by atoms with E-state index in [0.29, 0.717) is 6.04 Å². The molecule has 0 aliphatic carbocycles. The fourth-order valence-corrected chi connectivity index (χ4v) is 1.67. The highest BCUT2D eigenvalue weighted by Crippen LogP contribution is 2.07. The van der Waals surface area contributed by atoms with Crippen molar-refractivity contribution in [1.82, 2.24) is 5.43 Å². The molecule has 1 atom stereocenters. The minimum atomic E-state index is 0.316. The molecule has 2 heteroatoms. The second-order valence-corrected chi connectivity index (χ2v) is 3.87. The van der Waals surface area contributed by atoms with Crippen LogP contribution in [0, 0.1) is 11.8 Å². The summed E-state index contributed by atoms with van der Waals surface area (Å²) in [7, 11) is 0. The third-order valence-electron chi connectivity index (χ3n) is 2.62. The first-order chi connectivity index (χ1) is 7.86. The van der Waals surface area contributed by atoms with Gasteiger partial charge in [-0.15, -0.1) is 11.8 Å². The Morgan fingerprint density at radius 3 is 2.69 bits per heavy atom. The lowest BCUT2D eigenvalue weighted by atomic mass is 10.0. The van der Waals surface area contributed by atoms with E-state index in [1.807, 2.05) is 13.0 Å². The van der Waals surface area contributed by atoms with Crippen molar-refractivity contribution in [3.05, 3.63) is 35.9 Å². The fourth-order valence-electron chi connectivity index (χ4n) is 1.67. The first-order valence-electron chi connectivity index (χ1n) is 5.76. The first kappa shape index (κ1) is 12.8. The van der Waals surface area contributed by atoms with E-state index in [9.17, 15) is 0 Å². The van der Waals surface area contributed by atoms with Gasteiger partial charge < -0.3 is 0 Å². The molecule has 1 unspecified atom stereocenters. The lowest BCUT2D eigenvalue weighted by molar-refractivity contribution is 0.488. The predicted molar refractivity (Wildman–Crippen MR) is 68.6 cm³/mol. The van der Waals surface area contributed by atoms with Crippen LogP contribution in [0.3, 0.4) is 0 Å². The summed E-state index contributed by atoms with van der Waals surface area (Å²) in [6.07, 6.45) is 4.16. The molecule has 16 heavy (non-hydrogen) atoms. The SMILES string of the molecule is CC#CCC(CCCc1ccccc1)NN. The van der Waals surface area contributed by atoms with Gasteiger partial charge in [0, 0.05) is 12.5 Å². The number of benzene rings is 1. The smallest absolute Gasteiger partial charge is 0.0320 e. The molecule has 86 valence electrons. The molecule has 2 nitrogen and oxygen atoms in total. The molecule has 1 rings (SSSR count). The Morgan fingerprint density at radius 2 is 2.06 bits per heavy atom. The van der Waals surface area contributed by atoms with Crippen molar-refractivity contribution in [2.45, 2.75) is 38.6 Å². The van der Waals surface area contributed by atoms with Gasteiger partial charge >= 0.3 is 0 Å². The quantitative estimate of drug-likeness (QED) is 0.435. The molecule has 3 N–H and O–H groups in total. The van der Waals surface area contributed by atoms with Crippen molar-refractivity contribution < 1.29 is 0 Å². The lowest BCUT2D eigenvalue weighted by Gasteiger charge is -2.12. The summed E-state index contributed by atoms with van der Waals surface area (Å²) in [5, 5.41) is 0. The third-order valence-corrected chi connectivity index (χ3v) is 2.62. The minimum Gasteiger partial charge on any atom is -0.271 e. The van der Waals surface area contributed by atoms with Gasteiger partial charge in [0.05, 0.1) is 0 Å². The van der Waals surface area contributed by atoms with Gasteiger partial charge in [0.15, 0.2) is 0 Å². The zero-order valence-corrected chi connectivity index (χ0v) is 9.87. The molecule has 0 saturated heterocycles. The van der Waals surface area contributed by atoms with Crippen LogP contribution in [0.5, 0.6) is 0 Å². The molecular formula is C14H20N2. The molecule has 0 radical (unpaired) electrons. The highest BCUT2D eigenvalue weighted by atomic mass is 15.2. The Kier molecular flexibility index (Phi) is 6.32. The number of hydrogen-bond donors (Lipinski definition) is 2. The minimum absolute atomic E-state index is 0.316. The summed E-state index contributed by atoms with van der Waals surface area (Å²) in [5.74, 6) is 11.4. The largest absolute Gasteiger partial charge is 0.271 e. The van der Waals surface area contributed by atoms with Gasteiger partial charge in [-0.05, 0) is 31.7 Å². The Morgan fingerprint density at radius 1 is 1.31 bits per heavy atom. The number of aryl methyl sites for hydroxylation is 1. The number of hydrogen-bond acceptors (Lipinski definition) is 2. The topological polar surface area (TPSA) is 38.0 Å². The van der Waals surface area contributed by atoms with Crippen molar-refractivity contribution in [2.75, 3.05) is 0 Å². The molecule has 0 aliphatic heterocycles. The normalized spacial score (nSPS) is 11.6. The van der Waals surface area contributed by atoms with Gasteiger partial charge in [-0.25, -0.2) is 0 Å². The summed E-state index contributed by atoms with van der Waals surface area (Å²) < 4.78 is 0. The standard InChI is InChI=1S/C14H20N2/c1-2-3-11-14(16-15)12-7-10-13-8-5-4-6-9-13/h4-6,8-9,14,16H,7,10-12,15H2,1H3. The predicted octanol–water partition coefficient (Wildman–Crippen LogP) is 2.25. The monoisotopic (exact) mass is 216 g/mol. The van der Waals surface area contributed by atoms with Crippen molar-refractivity contribution in [2.24, 2.45) is 5.84 Å². The van der Waals surface area contributed by atoms with Gasteiger partial charge in [0.25, 0.3) is 0 Å². The number of hydrazine groups is 1. The summed E-state index contributed by atoms with van der Waals surface area (Å²) >= 11 is 0. The molecule has 1 aromatic carbocycles. The van der Waals surface area contributed by atoms with E-state index in [4.69, 9.17) is 5.84 Å². The van der Waals surface area contributed by atoms with E-state index < -0.39 is 0 Å². The zero-order valence-electron chi connectivity index (χ0n) is 9.87. The van der Waals surface area contributed by atoms with Crippen LogP contribution in [-0.2, 0) is 6.42 Å². The summed E-state index contributed by atoms with van der Waals surface area (Å²) in [5.41, 5.74) is 4.21. The van der Waals surface area contributed by atoms with E-state index in [0.717, 1.165) is 25.7 Å². The average molecular weight is 216 g/mol. The van der Waals surface area contributed by atoms with Crippen LogP contribution < -0.4 is 11.3 Å². The van der Waals surface area contributed by atoms with Gasteiger partial charge in [0.2, 0.25) is 0 Å². The maximum atomic E-state index is 5.48. The van der Waals surface area contributed by atoms with Crippen LogP contribution in [0.1, 0.15) is 31.7 Å². The van der Waals surface area contributed by atoms with Crippen LogP contribution >= 0.6 is 0 Å². The summed E-state index contributed by atoms with van der Waals surface area (Å²) in [6.45, 7) is 1.86. The van der Waals surface area contributed by atoms with Gasteiger partial charge in [-0.3, -0.25) is 11.3 Å². The Balaban J connectivity index is 2.25. The second-order valence-electron chi connectivity index (χ2n) is 3.87. The average Bonchev–Trinajstić information content (AvgIpc) is 2.35. The van der Waals surface area contributed by atoms with Crippen molar-refractivity contribution in [3.63, 3.8) is 0 Å². The van der Waals surface area contributed by atoms with E-state index in [2.05, 4.69) is 41.5 Å².